The van der Waals surface area contributed by atoms with E-state index in [1.165, 1.54) is 17.5 Å². The minimum absolute atomic E-state index is 0. The van der Waals surface area contributed by atoms with E-state index < -0.39 is 9.84 Å². The van der Waals surface area contributed by atoms with Gasteiger partial charge in [-0.2, -0.15) is 5.10 Å². The van der Waals surface area contributed by atoms with Crippen LogP contribution in [-0.2, 0) is 28.0 Å². The van der Waals surface area contributed by atoms with Crippen LogP contribution in [0.2, 0.25) is 0 Å². The summed E-state index contributed by atoms with van der Waals surface area (Å²) in [6.07, 6.45) is 2.06. The van der Waals surface area contributed by atoms with E-state index in [1.54, 1.807) is 7.05 Å². The number of nitrogens with one attached hydrogen (secondary N) is 2. The minimum atomic E-state index is -2.97. The zero-order chi connectivity index (χ0) is 19.0. The van der Waals surface area contributed by atoms with Crippen molar-refractivity contribution in [2.24, 2.45) is 12.0 Å². The fourth-order valence-corrected chi connectivity index (χ4v) is 2.87. The van der Waals surface area contributed by atoms with Crippen molar-refractivity contribution in [3.63, 3.8) is 0 Å². The summed E-state index contributed by atoms with van der Waals surface area (Å²) in [5.41, 5.74) is 3.48. The van der Waals surface area contributed by atoms with Crippen LogP contribution in [0.5, 0.6) is 0 Å². The SMILES string of the molecule is CN=C(NCCOCCS(C)(=O)=O)NC(C)Cc1c(C)nn(C)c1C.I. The molecule has 1 rings (SSSR count). The van der Waals surface area contributed by atoms with Crippen molar-refractivity contribution >= 4 is 39.8 Å². The van der Waals surface area contributed by atoms with Crippen molar-refractivity contribution in [2.75, 3.05) is 38.8 Å². The van der Waals surface area contributed by atoms with Gasteiger partial charge in [0, 0.05) is 38.6 Å². The predicted molar refractivity (Wildman–Crippen MR) is 116 cm³/mol. The number of ether oxygens (including phenoxy) is 1. The van der Waals surface area contributed by atoms with E-state index in [1.807, 2.05) is 18.7 Å². The predicted octanol–water partition coefficient (Wildman–Crippen LogP) is 0.812. The molecular formula is C16H32IN5O3S. The monoisotopic (exact) mass is 501 g/mol. The number of sulfone groups is 1. The summed E-state index contributed by atoms with van der Waals surface area (Å²) < 4.78 is 29.2. The van der Waals surface area contributed by atoms with Crippen molar-refractivity contribution in [3.8, 4) is 0 Å². The second kappa shape index (κ2) is 11.8. The summed E-state index contributed by atoms with van der Waals surface area (Å²) >= 11 is 0. The molecule has 0 amide bonds. The molecule has 0 bridgehead atoms. The first kappa shape index (κ1) is 25.1. The average molecular weight is 501 g/mol. The maximum Gasteiger partial charge on any atom is 0.191 e. The zero-order valence-electron chi connectivity index (χ0n) is 16.5. The Kier molecular flexibility index (Phi) is 11.4. The molecule has 1 atom stereocenters. The van der Waals surface area contributed by atoms with E-state index >= 15 is 0 Å². The molecule has 0 fully saturated rings. The molecule has 1 unspecified atom stereocenters. The van der Waals surface area contributed by atoms with Crippen LogP contribution in [0.25, 0.3) is 0 Å². The van der Waals surface area contributed by atoms with E-state index in [-0.39, 0.29) is 42.4 Å². The molecule has 10 heteroatoms. The summed E-state index contributed by atoms with van der Waals surface area (Å²) in [5, 5.41) is 10.9. The van der Waals surface area contributed by atoms with Crippen LogP contribution in [0.1, 0.15) is 23.9 Å². The maximum atomic E-state index is 11.0. The molecule has 8 nitrogen and oxygen atoms in total. The average Bonchev–Trinajstić information content (AvgIpc) is 2.74. The van der Waals surface area contributed by atoms with E-state index in [0.29, 0.717) is 19.1 Å². The lowest BCUT2D eigenvalue weighted by Gasteiger charge is -2.18. The molecule has 1 aromatic rings. The highest BCUT2D eigenvalue weighted by molar-refractivity contribution is 14.0. The van der Waals surface area contributed by atoms with E-state index in [4.69, 9.17) is 4.74 Å². The molecule has 152 valence electrons. The van der Waals surface area contributed by atoms with Crippen LogP contribution in [0, 0.1) is 13.8 Å². The van der Waals surface area contributed by atoms with Crippen LogP contribution in [0.4, 0.5) is 0 Å². The standard InChI is InChI=1S/C16H31N5O3S.HI/c1-12(11-15-13(2)20-21(5)14(15)3)19-16(17-4)18-7-8-24-9-10-25(6,22)23;/h12H,7-11H2,1-6H3,(H2,17,18,19);1H. The largest absolute Gasteiger partial charge is 0.379 e. The summed E-state index contributed by atoms with van der Waals surface area (Å²) in [5.74, 6) is 0.735. The van der Waals surface area contributed by atoms with Gasteiger partial charge in [-0.1, -0.05) is 0 Å². The first-order chi connectivity index (χ1) is 11.6. The van der Waals surface area contributed by atoms with Gasteiger partial charge in [-0.05, 0) is 32.8 Å². The van der Waals surface area contributed by atoms with Gasteiger partial charge in [-0.15, -0.1) is 24.0 Å². The van der Waals surface area contributed by atoms with E-state index in [0.717, 1.165) is 12.1 Å². The van der Waals surface area contributed by atoms with Gasteiger partial charge < -0.3 is 15.4 Å². The summed E-state index contributed by atoms with van der Waals surface area (Å²) in [6.45, 7) is 7.38. The molecule has 0 aliphatic heterocycles. The first-order valence-electron chi connectivity index (χ1n) is 8.35. The molecule has 0 aromatic carbocycles. The number of rotatable bonds is 9. The van der Waals surface area contributed by atoms with Crippen LogP contribution < -0.4 is 10.6 Å². The van der Waals surface area contributed by atoms with Gasteiger partial charge in [0.25, 0.3) is 0 Å². The highest BCUT2D eigenvalue weighted by Crippen LogP contribution is 2.13. The molecular weight excluding hydrogens is 469 g/mol. The Morgan fingerprint density at radius 1 is 1.35 bits per heavy atom. The Morgan fingerprint density at radius 2 is 2.00 bits per heavy atom. The minimum Gasteiger partial charge on any atom is -0.379 e. The fourth-order valence-electron chi connectivity index (χ4n) is 2.45. The summed E-state index contributed by atoms with van der Waals surface area (Å²) in [7, 11) is 0.696. The normalized spacial score (nSPS) is 13.2. The molecule has 0 spiro atoms. The molecule has 0 saturated heterocycles. The molecule has 1 heterocycles. The van der Waals surface area contributed by atoms with Crippen molar-refractivity contribution in [3.05, 3.63) is 17.0 Å². The number of aryl methyl sites for hydroxylation is 2. The zero-order valence-corrected chi connectivity index (χ0v) is 19.6. The van der Waals surface area contributed by atoms with Crippen LogP contribution in [0.3, 0.4) is 0 Å². The second-order valence-electron chi connectivity index (χ2n) is 6.26. The van der Waals surface area contributed by atoms with Crippen LogP contribution >= 0.6 is 24.0 Å². The Bertz CT molecular complexity index is 688. The smallest absolute Gasteiger partial charge is 0.191 e. The fraction of sp³-hybridized carbons (Fsp3) is 0.750. The van der Waals surface area contributed by atoms with E-state index in [9.17, 15) is 8.42 Å². The Labute approximate surface area is 174 Å². The Balaban J connectivity index is 0.00000625. The lowest BCUT2D eigenvalue weighted by atomic mass is 10.1. The summed E-state index contributed by atoms with van der Waals surface area (Å²) in [4.78, 5) is 4.20. The lowest BCUT2D eigenvalue weighted by molar-refractivity contribution is 0.154. The molecule has 0 aliphatic carbocycles. The number of guanidine groups is 1. The third-order valence-electron chi connectivity index (χ3n) is 3.91. The lowest BCUT2D eigenvalue weighted by Crippen LogP contribution is -2.44. The maximum absolute atomic E-state index is 11.0. The molecule has 0 aliphatic rings. The molecule has 0 radical (unpaired) electrons. The molecule has 2 N–H and O–H groups in total. The Hall–Kier alpha value is -0.880. The highest BCUT2D eigenvalue weighted by Gasteiger charge is 2.13. The molecule has 26 heavy (non-hydrogen) atoms. The third kappa shape index (κ3) is 9.17. The number of hydrogen-bond donors (Lipinski definition) is 2. The summed E-state index contributed by atoms with van der Waals surface area (Å²) in [6, 6.07) is 0.193. The van der Waals surface area contributed by atoms with Crippen molar-refractivity contribution < 1.29 is 13.2 Å². The number of halogens is 1. The van der Waals surface area contributed by atoms with Crippen LogP contribution in [0.15, 0.2) is 4.99 Å². The number of nitrogens with zero attached hydrogens (tertiary/aromatic N) is 3. The number of hydrogen-bond acceptors (Lipinski definition) is 5. The van der Waals surface area contributed by atoms with Crippen molar-refractivity contribution in [1.29, 1.82) is 0 Å². The second-order valence-corrected chi connectivity index (χ2v) is 8.52. The van der Waals surface area contributed by atoms with Crippen molar-refractivity contribution in [1.82, 2.24) is 20.4 Å². The number of aliphatic imine (C=N–C) groups is 1. The topological polar surface area (TPSA) is 97.6 Å². The van der Waals surface area contributed by atoms with Gasteiger partial charge in [0.05, 0.1) is 24.7 Å². The number of aromatic nitrogens is 2. The van der Waals surface area contributed by atoms with Gasteiger partial charge in [-0.25, -0.2) is 8.42 Å². The molecule has 0 saturated carbocycles. The van der Waals surface area contributed by atoms with Gasteiger partial charge in [0.1, 0.15) is 9.84 Å². The van der Waals surface area contributed by atoms with Crippen LogP contribution in [-0.4, -0.2) is 69.0 Å². The first-order valence-corrected chi connectivity index (χ1v) is 10.4. The highest BCUT2D eigenvalue weighted by atomic mass is 127. The van der Waals surface area contributed by atoms with Gasteiger partial charge >= 0.3 is 0 Å². The Morgan fingerprint density at radius 3 is 2.50 bits per heavy atom. The van der Waals surface area contributed by atoms with Gasteiger partial charge in [0.15, 0.2) is 5.96 Å². The van der Waals surface area contributed by atoms with Gasteiger partial charge in [0.2, 0.25) is 0 Å². The van der Waals surface area contributed by atoms with Gasteiger partial charge in [-0.3, -0.25) is 9.67 Å². The third-order valence-corrected chi connectivity index (χ3v) is 4.82. The quantitative estimate of drug-likeness (QED) is 0.225. The molecule has 1 aromatic heterocycles. The van der Waals surface area contributed by atoms with Crippen molar-refractivity contribution in [2.45, 2.75) is 33.2 Å². The van der Waals surface area contributed by atoms with E-state index in [2.05, 4.69) is 34.6 Å².